The van der Waals surface area contributed by atoms with Crippen molar-refractivity contribution in [2.24, 2.45) is 11.4 Å². The van der Waals surface area contributed by atoms with Crippen molar-refractivity contribution in [2.75, 3.05) is 13.2 Å². The average Bonchev–Trinajstić information content (AvgIpc) is 2.02. The van der Waals surface area contributed by atoms with Crippen LogP contribution >= 0.6 is 7.75 Å². The Labute approximate surface area is 80.4 Å². The maximum Gasteiger partial charge on any atom is 0.402 e. The van der Waals surface area contributed by atoms with Crippen LogP contribution in [0.1, 0.15) is 33.6 Å². The summed E-state index contributed by atoms with van der Waals surface area (Å²) < 4.78 is 21.2. The zero-order valence-corrected chi connectivity index (χ0v) is 9.55. The highest BCUT2D eigenvalue weighted by Gasteiger charge is 2.17. The van der Waals surface area contributed by atoms with Crippen molar-refractivity contribution in [1.82, 2.24) is 0 Å². The van der Waals surface area contributed by atoms with Gasteiger partial charge in [0.05, 0.1) is 13.2 Å². The van der Waals surface area contributed by atoms with Crippen LogP contribution in [0.25, 0.3) is 0 Å². The van der Waals surface area contributed by atoms with E-state index in [1.165, 1.54) is 0 Å². The second-order valence-corrected chi connectivity index (χ2v) is 5.01. The van der Waals surface area contributed by atoms with Gasteiger partial charge in [-0.05, 0) is 12.3 Å². The van der Waals surface area contributed by atoms with Crippen LogP contribution in [0, 0.1) is 5.92 Å². The zero-order chi connectivity index (χ0) is 10.3. The Hall–Kier alpha value is 0.110. The van der Waals surface area contributed by atoms with Crippen molar-refractivity contribution < 1.29 is 13.6 Å². The Morgan fingerprint density at radius 3 is 2.46 bits per heavy atom. The first kappa shape index (κ1) is 13.1. The van der Waals surface area contributed by atoms with Crippen molar-refractivity contribution in [3.63, 3.8) is 0 Å². The van der Waals surface area contributed by atoms with Crippen LogP contribution in [0.5, 0.6) is 0 Å². The van der Waals surface area contributed by atoms with E-state index in [9.17, 15) is 4.57 Å². The number of hydrogen-bond acceptors (Lipinski definition) is 3. The van der Waals surface area contributed by atoms with Crippen LogP contribution in [0.2, 0.25) is 0 Å². The fourth-order valence-electron chi connectivity index (χ4n) is 0.626. The molecule has 0 aromatic rings. The van der Waals surface area contributed by atoms with E-state index in [4.69, 9.17) is 14.6 Å². The normalized spacial score (nSPS) is 16.1. The summed E-state index contributed by atoms with van der Waals surface area (Å²) in [6.45, 7) is 6.74. The van der Waals surface area contributed by atoms with Crippen molar-refractivity contribution in [3.05, 3.63) is 0 Å². The van der Waals surface area contributed by atoms with Gasteiger partial charge in [-0.2, -0.15) is 0 Å². The number of hydrogen-bond donors (Lipinski definition) is 1. The van der Waals surface area contributed by atoms with E-state index in [0.29, 0.717) is 19.1 Å². The Morgan fingerprint density at radius 1 is 1.38 bits per heavy atom. The molecule has 0 aromatic heterocycles. The highest BCUT2D eigenvalue weighted by Crippen LogP contribution is 2.39. The summed E-state index contributed by atoms with van der Waals surface area (Å²) >= 11 is 0. The number of rotatable bonds is 7. The fraction of sp³-hybridized carbons (Fsp3) is 1.00. The van der Waals surface area contributed by atoms with Gasteiger partial charge in [-0.1, -0.05) is 27.2 Å². The number of unbranched alkanes of at least 4 members (excludes halogenated alkanes) is 1. The molecule has 0 amide bonds. The van der Waals surface area contributed by atoms with E-state index in [1.54, 1.807) is 0 Å². The van der Waals surface area contributed by atoms with Gasteiger partial charge in [0.2, 0.25) is 0 Å². The smallest absolute Gasteiger partial charge is 0.297 e. The van der Waals surface area contributed by atoms with Gasteiger partial charge in [0, 0.05) is 0 Å². The molecule has 1 unspecified atom stereocenters. The third kappa shape index (κ3) is 8.44. The van der Waals surface area contributed by atoms with Crippen LogP contribution in [-0.2, 0) is 13.6 Å². The molecule has 0 saturated carbocycles. The summed E-state index contributed by atoms with van der Waals surface area (Å²) in [7, 11) is -3.28. The summed E-state index contributed by atoms with van der Waals surface area (Å²) in [6.07, 6.45) is 1.84. The summed E-state index contributed by atoms with van der Waals surface area (Å²) in [5.74, 6) is 0.312. The lowest BCUT2D eigenvalue weighted by Gasteiger charge is -2.14. The highest BCUT2D eigenvalue weighted by atomic mass is 31.2. The minimum Gasteiger partial charge on any atom is -0.297 e. The minimum atomic E-state index is -3.28. The molecule has 2 N–H and O–H groups in total. The van der Waals surface area contributed by atoms with E-state index in [0.717, 1.165) is 12.8 Å². The summed E-state index contributed by atoms with van der Waals surface area (Å²) in [5.41, 5.74) is 5.32. The van der Waals surface area contributed by atoms with Crippen molar-refractivity contribution >= 4 is 7.75 Å². The Morgan fingerprint density at radius 2 is 2.00 bits per heavy atom. The zero-order valence-electron chi connectivity index (χ0n) is 8.66. The molecule has 0 aliphatic carbocycles. The van der Waals surface area contributed by atoms with E-state index in [1.807, 2.05) is 20.8 Å². The molecule has 13 heavy (non-hydrogen) atoms. The van der Waals surface area contributed by atoms with Crippen molar-refractivity contribution in [2.45, 2.75) is 33.6 Å². The largest absolute Gasteiger partial charge is 0.402 e. The molecule has 0 aromatic carbocycles. The maximum absolute atomic E-state index is 11.3. The van der Waals surface area contributed by atoms with Gasteiger partial charge in [0.1, 0.15) is 0 Å². The maximum atomic E-state index is 11.3. The van der Waals surface area contributed by atoms with E-state index < -0.39 is 7.75 Å². The van der Waals surface area contributed by atoms with Crippen molar-refractivity contribution in [1.29, 1.82) is 0 Å². The van der Waals surface area contributed by atoms with Crippen LogP contribution in [-0.4, -0.2) is 13.2 Å². The molecule has 0 radical (unpaired) electrons. The van der Waals surface area contributed by atoms with E-state index >= 15 is 0 Å². The molecule has 0 saturated heterocycles. The van der Waals surface area contributed by atoms with E-state index in [2.05, 4.69) is 0 Å². The Kier molecular flexibility index (Phi) is 6.60. The Balaban J connectivity index is 3.61. The van der Waals surface area contributed by atoms with Crippen molar-refractivity contribution in [3.8, 4) is 0 Å². The lowest BCUT2D eigenvalue weighted by molar-refractivity contribution is 0.185. The molecule has 0 heterocycles. The predicted octanol–water partition coefficient (Wildman–Crippen LogP) is 2.54. The molecule has 0 rings (SSSR count). The van der Waals surface area contributed by atoms with Crippen LogP contribution < -0.4 is 5.50 Å². The minimum absolute atomic E-state index is 0.312. The summed E-state index contributed by atoms with van der Waals surface area (Å²) in [4.78, 5) is 0. The molecule has 0 aliphatic rings. The first-order chi connectivity index (χ1) is 5.98. The molecule has 1 atom stereocenters. The topological polar surface area (TPSA) is 61.5 Å². The SMILES string of the molecule is CCCCOP(N)(=O)OCC(C)C. The Bertz CT molecular complexity index is 173. The first-order valence-corrected chi connectivity index (χ1v) is 6.27. The fourth-order valence-corrected chi connectivity index (χ4v) is 1.59. The molecule has 0 aliphatic heterocycles. The van der Waals surface area contributed by atoms with Crippen LogP contribution in [0.15, 0.2) is 0 Å². The third-order valence-electron chi connectivity index (χ3n) is 1.36. The second kappa shape index (κ2) is 6.55. The highest BCUT2D eigenvalue weighted by molar-refractivity contribution is 7.51. The van der Waals surface area contributed by atoms with Gasteiger partial charge in [0.15, 0.2) is 0 Å². The van der Waals surface area contributed by atoms with Gasteiger partial charge in [-0.15, -0.1) is 0 Å². The standard InChI is InChI=1S/C8H20NO3P/c1-4-5-6-11-13(9,10)12-7-8(2)3/h8H,4-7H2,1-3H3,(H2,9,10). The molecule has 80 valence electrons. The predicted molar refractivity (Wildman–Crippen MR) is 53.4 cm³/mol. The second-order valence-electron chi connectivity index (χ2n) is 3.42. The van der Waals surface area contributed by atoms with Crippen LogP contribution in [0.3, 0.4) is 0 Å². The third-order valence-corrected chi connectivity index (χ3v) is 2.41. The van der Waals surface area contributed by atoms with Gasteiger partial charge in [-0.3, -0.25) is 9.05 Å². The number of nitrogens with two attached hydrogens (primary N) is 1. The van der Waals surface area contributed by atoms with Gasteiger partial charge < -0.3 is 0 Å². The van der Waals surface area contributed by atoms with Crippen LogP contribution in [0.4, 0.5) is 0 Å². The molecule has 5 heteroatoms. The summed E-state index contributed by atoms with van der Waals surface area (Å²) in [5, 5.41) is 0. The van der Waals surface area contributed by atoms with Gasteiger partial charge in [0.25, 0.3) is 0 Å². The lowest BCUT2D eigenvalue weighted by Crippen LogP contribution is -2.08. The van der Waals surface area contributed by atoms with Gasteiger partial charge in [-0.25, -0.2) is 10.1 Å². The lowest BCUT2D eigenvalue weighted by atomic mass is 10.2. The average molecular weight is 209 g/mol. The molecule has 4 nitrogen and oxygen atoms in total. The molecular weight excluding hydrogens is 189 g/mol. The monoisotopic (exact) mass is 209 g/mol. The quantitative estimate of drug-likeness (QED) is 0.517. The first-order valence-electron chi connectivity index (χ1n) is 4.65. The molecular formula is C8H20NO3P. The molecule has 0 fully saturated rings. The summed E-state index contributed by atoms with van der Waals surface area (Å²) in [6, 6.07) is 0. The molecule has 0 spiro atoms. The van der Waals surface area contributed by atoms with Gasteiger partial charge >= 0.3 is 7.75 Å². The van der Waals surface area contributed by atoms with E-state index in [-0.39, 0.29) is 0 Å². The molecule has 0 bridgehead atoms.